The van der Waals surface area contributed by atoms with Crippen molar-refractivity contribution in [1.29, 1.82) is 0 Å². The predicted molar refractivity (Wildman–Crippen MR) is 104 cm³/mol. The number of ether oxygens (including phenoxy) is 2. The van der Waals surface area contributed by atoms with Gasteiger partial charge in [0.25, 0.3) is 5.91 Å². The number of hydrogen-bond donors (Lipinski definition) is 1. The quantitative estimate of drug-likeness (QED) is 0.655. The molecule has 0 saturated carbocycles. The smallest absolute Gasteiger partial charge is 0.338 e. The largest absolute Gasteiger partial charge is 0.495 e. The molecular weight excluding hydrogens is 384 g/mol. The number of nitrogens with one attached hydrogen (secondary N) is 1. The molecule has 156 valence electrons. The van der Waals surface area contributed by atoms with Crippen LogP contribution in [0.2, 0.25) is 0 Å². The summed E-state index contributed by atoms with van der Waals surface area (Å²) in [4.78, 5) is 23.8. The summed E-state index contributed by atoms with van der Waals surface area (Å²) < 4.78 is 38.0. The van der Waals surface area contributed by atoms with Crippen LogP contribution in [0.15, 0.2) is 23.1 Å². The number of esters is 1. The molecule has 1 aliphatic rings. The summed E-state index contributed by atoms with van der Waals surface area (Å²) >= 11 is 0. The normalized spacial score (nSPS) is 17.8. The van der Waals surface area contributed by atoms with Crippen LogP contribution in [0.25, 0.3) is 0 Å². The Hall–Kier alpha value is -2.13. The van der Waals surface area contributed by atoms with Crippen LogP contribution in [-0.4, -0.2) is 57.4 Å². The van der Waals surface area contributed by atoms with Gasteiger partial charge in [-0.3, -0.25) is 4.79 Å². The van der Waals surface area contributed by atoms with E-state index in [1.165, 1.54) is 29.6 Å². The number of hydrogen-bond acceptors (Lipinski definition) is 6. The minimum absolute atomic E-state index is 0.0485. The zero-order valence-corrected chi connectivity index (χ0v) is 17.4. The molecule has 1 amide bonds. The fourth-order valence-corrected chi connectivity index (χ4v) is 4.97. The van der Waals surface area contributed by atoms with Gasteiger partial charge in [-0.1, -0.05) is 13.3 Å². The zero-order chi connectivity index (χ0) is 20.7. The van der Waals surface area contributed by atoms with Gasteiger partial charge in [-0.2, -0.15) is 4.31 Å². The average Bonchev–Trinajstić information content (AvgIpc) is 2.70. The summed E-state index contributed by atoms with van der Waals surface area (Å²) in [5.41, 5.74) is 0.0485. The van der Waals surface area contributed by atoms with Crippen molar-refractivity contribution in [3.8, 4) is 5.75 Å². The standard InChI is InChI=1S/C19H28N2O6S/c1-4-10-20-18(22)13-27-19(23)15-8-9-16(26-3)17(12-15)28(24,25)21-11-6-5-7-14(21)2/h8-9,12,14H,4-7,10-11,13H2,1-3H3,(H,20,22)/t14-/m1/s1. The van der Waals surface area contributed by atoms with Gasteiger partial charge in [-0.05, 0) is 44.4 Å². The molecular formula is C19H28N2O6S. The molecule has 1 atom stereocenters. The van der Waals surface area contributed by atoms with E-state index < -0.39 is 28.5 Å². The van der Waals surface area contributed by atoms with Gasteiger partial charge < -0.3 is 14.8 Å². The van der Waals surface area contributed by atoms with Gasteiger partial charge in [0.1, 0.15) is 10.6 Å². The molecule has 0 bridgehead atoms. The second-order valence-electron chi connectivity index (χ2n) is 6.75. The Morgan fingerprint density at radius 2 is 2.04 bits per heavy atom. The van der Waals surface area contributed by atoms with E-state index in [2.05, 4.69) is 5.32 Å². The van der Waals surface area contributed by atoms with Crippen LogP contribution >= 0.6 is 0 Å². The number of methoxy groups -OCH3 is 1. The van der Waals surface area contributed by atoms with E-state index in [0.717, 1.165) is 25.7 Å². The van der Waals surface area contributed by atoms with Crippen molar-refractivity contribution in [1.82, 2.24) is 9.62 Å². The zero-order valence-electron chi connectivity index (χ0n) is 16.6. The van der Waals surface area contributed by atoms with E-state index >= 15 is 0 Å². The van der Waals surface area contributed by atoms with Crippen molar-refractivity contribution in [2.45, 2.75) is 50.5 Å². The average molecular weight is 413 g/mol. The number of piperidine rings is 1. The molecule has 1 fully saturated rings. The van der Waals surface area contributed by atoms with Crippen LogP contribution in [0.3, 0.4) is 0 Å². The SMILES string of the molecule is CCCNC(=O)COC(=O)c1ccc(OC)c(S(=O)(=O)N2CCCC[C@H]2C)c1. The topological polar surface area (TPSA) is 102 Å². The fraction of sp³-hybridized carbons (Fsp3) is 0.579. The highest BCUT2D eigenvalue weighted by molar-refractivity contribution is 7.89. The molecule has 9 heteroatoms. The van der Waals surface area contributed by atoms with Crippen molar-refractivity contribution in [2.75, 3.05) is 26.8 Å². The molecule has 1 aromatic carbocycles. The minimum atomic E-state index is -3.83. The molecule has 8 nitrogen and oxygen atoms in total. The number of nitrogens with zero attached hydrogens (tertiary/aromatic N) is 1. The van der Waals surface area contributed by atoms with Crippen molar-refractivity contribution in [3.63, 3.8) is 0 Å². The molecule has 1 heterocycles. The number of rotatable bonds is 8. The van der Waals surface area contributed by atoms with Crippen LogP contribution in [0, 0.1) is 0 Å². The summed E-state index contributed by atoms with van der Waals surface area (Å²) in [6, 6.07) is 3.97. The molecule has 0 radical (unpaired) electrons. The van der Waals surface area contributed by atoms with Gasteiger partial charge in [0.2, 0.25) is 10.0 Å². The maximum Gasteiger partial charge on any atom is 0.338 e. The van der Waals surface area contributed by atoms with Crippen LogP contribution in [0.4, 0.5) is 0 Å². The first-order valence-electron chi connectivity index (χ1n) is 9.45. The molecule has 1 N–H and O–H groups in total. The van der Waals surface area contributed by atoms with Crippen molar-refractivity contribution >= 4 is 21.9 Å². The highest BCUT2D eigenvalue weighted by Crippen LogP contribution is 2.31. The summed E-state index contributed by atoms with van der Waals surface area (Å²) in [6.45, 7) is 4.29. The van der Waals surface area contributed by atoms with Gasteiger partial charge in [-0.15, -0.1) is 0 Å². The molecule has 0 spiro atoms. The number of carbonyl (C=O) groups excluding carboxylic acids is 2. The molecule has 28 heavy (non-hydrogen) atoms. The van der Waals surface area contributed by atoms with E-state index in [9.17, 15) is 18.0 Å². The molecule has 2 rings (SSSR count). The molecule has 0 unspecified atom stereocenters. The Labute approximate surface area is 166 Å². The van der Waals surface area contributed by atoms with Crippen molar-refractivity contribution in [2.24, 2.45) is 0 Å². The first-order valence-corrected chi connectivity index (χ1v) is 10.9. The predicted octanol–water partition coefficient (Wildman–Crippen LogP) is 1.94. The van der Waals surface area contributed by atoms with E-state index in [-0.39, 0.29) is 22.3 Å². The molecule has 1 saturated heterocycles. The van der Waals surface area contributed by atoms with Gasteiger partial charge in [0.05, 0.1) is 12.7 Å². The lowest BCUT2D eigenvalue weighted by Gasteiger charge is -2.32. The molecule has 1 aliphatic heterocycles. The van der Waals surface area contributed by atoms with Crippen LogP contribution < -0.4 is 10.1 Å². The van der Waals surface area contributed by atoms with Gasteiger partial charge >= 0.3 is 5.97 Å². The van der Waals surface area contributed by atoms with Crippen molar-refractivity contribution in [3.05, 3.63) is 23.8 Å². The maximum absolute atomic E-state index is 13.2. The van der Waals surface area contributed by atoms with E-state index in [1.54, 1.807) is 0 Å². The number of sulfonamides is 1. The van der Waals surface area contributed by atoms with Crippen LogP contribution in [0.5, 0.6) is 5.75 Å². The second-order valence-corrected chi connectivity index (χ2v) is 8.61. The summed E-state index contributed by atoms with van der Waals surface area (Å²) in [5, 5.41) is 2.60. The van der Waals surface area contributed by atoms with E-state index in [4.69, 9.17) is 9.47 Å². The molecule has 1 aromatic rings. The van der Waals surface area contributed by atoms with E-state index in [0.29, 0.717) is 13.1 Å². The minimum Gasteiger partial charge on any atom is -0.495 e. The lowest BCUT2D eigenvalue weighted by Crippen LogP contribution is -2.42. The Morgan fingerprint density at radius 3 is 2.68 bits per heavy atom. The highest BCUT2D eigenvalue weighted by atomic mass is 32.2. The molecule has 0 aromatic heterocycles. The monoisotopic (exact) mass is 412 g/mol. The van der Waals surface area contributed by atoms with E-state index in [1.807, 2.05) is 13.8 Å². The van der Waals surface area contributed by atoms with Crippen LogP contribution in [-0.2, 0) is 19.6 Å². The second kappa shape index (κ2) is 9.88. The summed E-state index contributed by atoms with van der Waals surface area (Å²) in [7, 11) is -2.45. The van der Waals surface area contributed by atoms with Gasteiger partial charge in [-0.25, -0.2) is 13.2 Å². The highest BCUT2D eigenvalue weighted by Gasteiger charge is 2.33. The van der Waals surface area contributed by atoms with Crippen LogP contribution in [0.1, 0.15) is 49.9 Å². The third-order valence-electron chi connectivity index (χ3n) is 4.63. The first kappa shape index (κ1) is 22.2. The lowest BCUT2D eigenvalue weighted by atomic mass is 10.1. The third-order valence-corrected chi connectivity index (χ3v) is 6.67. The third kappa shape index (κ3) is 5.23. The summed E-state index contributed by atoms with van der Waals surface area (Å²) in [5.74, 6) is -1.01. The maximum atomic E-state index is 13.2. The Morgan fingerprint density at radius 1 is 1.29 bits per heavy atom. The van der Waals surface area contributed by atoms with Gasteiger partial charge in [0, 0.05) is 19.1 Å². The Bertz CT molecular complexity index is 809. The Kier molecular flexibility index (Phi) is 7.82. The molecule has 0 aliphatic carbocycles. The number of amides is 1. The first-order chi connectivity index (χ1) is 13.3. The fourth-order valence-electron chi connectivity index (χ4n) is 3.09. The summed E-state index contributed by atoms with van der Waals surface area (Å²) in [6.07, 6.45) is 3.34. The lowest BCUT2D eigenvalue weighted by molar-refractivity contribution is -0.124. The van der Waals surface area contributed by atoms with Gasteiger partial charge in [0.15, 0.2) is 6.61 Å². The van der Waals surface area contributed by atoms with Crippen molar-refractivity contribution < 1.29 is 27.5 Å². The number of benzene rings is 1. The Balaban J connectivity index is 2.23. The number of carbonyl (C=O) groups is 2.